The van der Waals surface area contributed by atoms with E-state index in [-0.39, 0.29) is 6.09 Å². The molecule has 0 unspecified atom stereocenters. The number of nitrogens with one attached hydrogen (secondary N) is 1. The first kappa shape index (κ1) is 13.4. The highest BCUT2D eigenvalue weighted by Crippen LogP contribution is 2.10. The van der Waals surface area contributed by atoms with Gasteiger partial charge in [-0.05, 0) is 5.56 Å². The maximum absolute atomic E-state index is 11.9. The van der Waals surface area contributed by atoms with Crippen LogP contribution in [0.15, 0.2) is 35.4 Å². The Balaban J connectivity index is 1.77. The lowest BCUT2D eigenvalue weighted by molar-refractivity contribution is 0.0960. The summed E-state index contributed by atoms with van der Waals surface area (Å²) >= 11 is 0. The van der Waals surface area contributed by atoms with Gasteiger partial charge in [0.15, 0.2) is 0 Å². The zero-order valence-corrected chi connectivity index (χ0v) is 11.1. The Morgan fingerprint density at radius 1 is 1.32 bits per heavy atom. The van der Waals surface area contributed by atoms with Gasteiger partial charge in [0.1, 0.15) is 6.61 Å². The molecule has 5 nitrogen and oxygen atoms in total. The SMILES string of the molecule is CNN=C1CCN(C(=O)OCc2ccccc2)CC1. The summed E-state index contributed by atoms with van der Waals surface area (Å²) in [7, 11) is 1.79. The highest BCUT2D eigenvalue weighted by molar-refractivity contribution is 5.86. The maximum atomic E-state index is 11.9. The fraction of sp³-hybridized carbons (Fsp3) is 0.429. The van der Waals surface area contributed by atoms with E-state index in [1.54, 1.807) is 11.9 Å². The number of hydrazone groups is 1. The normalized spacial score (nSPS) is 15.0. The van der Waals surface area contributed by atoms with Crippen LogP contribution in [0.1, 0.15) is 18.4 Å². The summed E-state index contributed by atoms with van der Waals surface area (Å²) in [4.78, 5) is 13.6. The van der Waals surface area contributed by atoms with Crippen molar-refractivity contribution < 1.29 is 9.53 Å². The van der Waals surface area contributed by atoms with E-state index in [4.69, 9.17) is 4.74 Å². The molecule has 1 saturated heterocycles. The number of hydrogen-bond acceptors (Lipinski definition) is 4. The average Bonchev–Trinajstić information content (AvgIpc) is 2.47. The van der Waals surface area contributed by atoms with Crippen LogP contribution in [0.5, 0.6) is 0 Å². The summed E-state index contributed by atoms with van der Waals surface area (Å²) in [5, 5.41) is 4.16. The van der Waals surface area contributed by atoms with Crippen molar-refractivity contribution >= 4 is 11.8 Å². The lowest BCUT2D eigenvalue weighted by Crippen LogP contribution is -2.39. The van der Waals surface area contributed by atoms with Crippen LogP contribution in [0.2, 0.25) is 0 Å². The van der Waals surface area contributed by atoms with Gasteiger partial charge in [-0.3, -0.25) is 0 Å². The van der Waals surface area contributed by atoms with Gasteiger partial charge in [0, 0.05) is 38.7 Å². The lowest BCUT2D eigenvalue weighted by atomic mass is 10.1. The van der Waals surface area contributed by atoms with Crippen LogP contribution in [0.3, 0.4) is 0 Å². The fourth-order valence-electron chi connectivity index (χ4n) is 2.03. The van der Waals surface area contributed by atoms with Crippen molar-refractivity contribution in [2.24, 2.45) is 5.10 Å². The van der Waals surface area contributed by atoms with Crippen LogP contribution in [-0.4, -0.2) is 36.8 Å². The average molecular weight is 261 g/mol. The molecule has 0 aromatic heterocycles. The Labute approximate surface area is 113 Å². The van der Waals surface area contributed by atoms with Gasteiger partial charge in [0.25, 0.3) is 0 Å². The summed E-state index contributed by atoms with van der Waals surface area (Å²) in [5.41, 5.74) is 4.89. The number of piperidine rings is 1. The first-order valence-electron chi connectivity index (χ1n) is 6.47. The van der Waals surface area contributed by atoms with Crippen LogP contribution in [-0.2, 0) is 11.3 Å². The third-order valence-electron chi connectivity index (χ3n) is 3.07. The van der Waals surface area contributed by atoms with E-state index in [0.717, 1.165) is 24.1 Å². The van der Waals surface area contributed by atoms with Gasteiger partial charge in [0.2, 0.25) is 0 Å². The summed E-state index contributed by atoms with van der Waals surface area (Å²) < 4.78 is 5.29. The highest BCUT2D eigenvalue weighted by atomic mass is 16.6. The molecule has 0 spiro atoms. The third-order valence-corrected chi connectivity index (χ3v) is 3.07. The number of likely N-dealkylation sites (tertiary alicyclic amines) is 1. The van der Waals surface area contributed by atoms with Gasteiger partial charge in [-0.1, -0.05) is 30.3 Å². The second-order valence-electron chi connectivity index (χ2n) is 4.43. The molecule has 0 aliphatic carbocycles. The van der Waals surface area contributed by atoms with Crippen LogP contribution >= 0.6 is 0 Å². The Morgan fingerprint density at radius 2 is 2.00 bits per heavy atom. The minimum atomic E-state index is -0.243. The molecule has 5 heteroatoms. The largest absolute Gasteiger partial charge is 0.445 e. The first-order valence-corrected chi connectivity index (χ1v) is 6.47. The first-order chi connectivity index (χ1) is 9.29. The van der Waals surface area contributed by atoms with Gasteiger partial charge in [0.05, 0.1) is 0 Å². The highest BCUT2D eigenvalue weighted by Gasteiger charge is 2.20. The van der Waals surface area contributed by atoms with E-state index < -0.39 is 0 Å². The van der Waals surface area contributed by atoms with E-state index in [1.165, 1.54) is 0 Å². The van der Waals surface area contributed by atoms with E-state index in [1.807, 2.05) is 30.3 Å². The predicted octanol–water partition coefficient (Wildman–Crippen LogP) is 1.99. The Hall–Kier alpha value is -2.04. The molecule has 1 aromatic carbocycles. The summed E-state index contributed by atoms with van der Waals surface area (Å²) in [5.74, 6) is 0. The van der Waals surface area contributed by atoms with Crippen molar-refractivity contribution in [2.45, 2.75) is 19.4 Å². The zero-order valence-electron chi connectivity index (χ0n) is 11.1. The maximum Gasteiger partial charge on any atom is 0.410 e. The number of hydrogen-bond donors (Lipinski definition) is 1. The number of carbonyl (C=O) groups excluding carboxylic acids is 1. The Kier molecular flexibility index (Phi) is 4.78. The number of ether oxygens (including phenoxy) is 1. The van der Waals surface area contributed by atoms with Crippen molar-refractivity contribution in [1.82, 2.24) is 10.3 Å². The van der Waals surface area contributed by atoms with Gasteiger partial charge in [-0.15, -0.1) is 0 Å². The second kappa shape index (κ2) is 6.78. The smallest absolute Gasteiger partial charge is 0.410 e. The van der Waals surface area contributed by atoms with Crippen LogP contribution < -0.4 is 5.43 Å². The molecule has 2 rings (SSSR count). The molecule has 1 fully saturated rings. The number of benzene rings is 1. The van der Waals surface area contributed by atoms with Crippen molar-refractivity contribution in [1.29, 1.82) is 0 Å². The van der Waals surface area contributed by atoms with Crippen molar-refractivity contribution in [3.8, 4) is 0 Å². The molecule has 1 heterocycles. The van der Waals surface area contributed by atoms with Crippen molar-refractivity contribution in [3.63, 3.8) is 0 Å². The van der Waals surface area contributed by atoms with Crippen molar-refractivity contribution in [3.05, 3.63) is 35.9 Å². The third kappa shape index (κ3) is 3.98. The molecule has 1 amide bonds. The van der Waals surface area contributed by atoms with E-state index in [0.29, 0.717) is 19.7 Å². The van der Waals surface area contributed by atoms with Gasteiger partial charge in [-0.25, -0.2) is 4.79 Å². The minimum absolute atomic E-state index is 0.243. The molecule has 1 aliphatic heterocycles. The van der Waals surface area contributed by atoms with Gasteiger partial charge < -0.3 is 15.1 Å². The molecular weight excluding hydrogens is 242 g/mol. The van der Waals surface area contributed by atoms with Crippen LogP contribution in [0, 0.1) is 0 Å². The monoisotopic (exact) mass is 261 g/mol. The number of carbonyl (C=O) groups is 1. The summed E-state index contributed by atoms with van der Waals surface area (Å²) in [6, 6.07) is 9.70. The number of nitrogens with zero attached hydrogens (tertiary/aromatic N) is 2. The number of amides is 1. The summed E-state index contributed by atoms with van der Waals surface area (Å²) in [6.07, 6.45) is 1.37. The Bertz CT molecular complexity index is 435. The zero-order chi connectivity index (χ0) is 13.5. The second-order valence-corrected chi connectivity index (χ2v) is 4.43. The predicted molar refractivity (Wildman–Crippen MR) is 73.9 cm³/mol. The lowest BCUT2D eigenvalue weighted by Gasteiger charge is -2.26. The molecule has 1 N–H and O–H groups in total. The molecular formula is C14H19N3O2. The van der Waals surface area contributed by atoms with E-state index >= 15 is 0 Å². The molecule has 0 atom stereocenters. The quantitative estimate of drug-likeness (QED) is 0.847. The molecule has 1 aliphatic rings. The van der Waals surface area contributed by atoms with Crippen LogP contribution in [0.4, 0.5) is 4.79 Å². The topological polar surface area (TPSA) is 53.9 Å². The van der Waals surface area contributed by atoms with Gasteiger partial charge >= 0.3 is 6.09 Å². The summed E-state index contributed by atoms with van der Waals surface area (Å²) in [6.45, 7) is 1.68. The molecule has 1 aromatic rings. The van der Waals surface area contributed by atoms with E-state index in [9.17, 15) is 4.79 Å². The Morgan fingerprint density at radius 3 is 2.63 bits per heavy atom. The molecule has 0 radical (unpaired) electrons. The molecule has 0 saturated carbocycles. The van der Waals surface area contributed by atoms with Crippen LogP contribution in [0.25, 0.3) is 0 Å². The van der Waals surface area contributed by atoms with E-state index in [2.05, 4.69) is 10.5 Å². The molecule has 0 bridgehead atoms. The minimum Gasteiger partial charge on any atom is -0.445 e. The molecule has 102 valence electrons. The molecule has 19 heavy (non-hydrogen) atoms. The standard InChI is InChI=1S/C14H19N3O2/c1-15-16-13-7-9-17(10-8-13)14(18)19-11-12-5-3-2-4-6-12/h2-6,15H,7-11H2,1H3. The van der Waals surface area contributed by atoms with Crippen molar-refractivity contribution in [2.75, 3.05) is 20.1 Å². The fourth-order valence-corrected chi connectivity index (χ4v) is 2.03. The van der Waals surface area contributed by atoms with Gasteiger partial charge in [-0.2, -0.15) is 5.10 Å². The number of rotatable bonds is 3.